The standard InChI is InChI=1S/C8H14O2/c1-4-8(7(3)10)5-6(2)9/h8-9H,2,4-5H2,1,3H3/t8-/m0/s1. The predicted molar refractivity (Wildman–Crippen MR) is 40.8 cm³/mol. The first kappa shape index (κ1) is 9.21. The molecule has 0 aromatic rings. The molecular weight excluding hydrogens is 128 g/mol. The molecule has 0 fully saturated rings. The van der Waals surface area contributed by atoms with E-state index in [4.69, 9.17) is 5.11 Å². The SMILES string of the molecule is C=C(O)C[C@H](CC)C(C)=O. The van der Waals surface area contributed by atoms with E-state index in [1.807, 2.05) is 6.92 Å². The molecule has 0 unspecified atom stereocenters. The number of rotatable bonds is 4. The summed E-state index contributed by atoms with van der Waals surface area (Å²) in [6.07, 6.45) is 1.18. The highest BCUT2D eigenvalue weighted by atomic mass is 16.3. The Morgan fingerprint density at radius 2 is 2.20 bits per heavy atom. The van der Waals surface area contributed by atoms with Crippen molar-refractivity contribution in [2.45, 2.75) is 26.7 Å². The van der Waals surface area contributed by atoms with Crippen LogP contribution in [0.25, 0.3) is 0 Å². The van der Waals surface area contributed by atoms with E-state index in [0.717, 1.165) is 6.42 Å². The molecule has 1 N–H and O–H groups in total. The summed E-state index contributed by atoms with van der Waals surface area (Å²) in [5.41, 5.74) is 0. The molecule has 0 heterocycles. The van der Waals surface area contributed by atoms with Gasteiger partial charge in [-0.05, 0) is 13.3 Å². The lowest BCUT2D eigenvalue weighted by Gasteiger charge is -2.08. The molecule has 2 nitrogen and oxygen atoms in total. The average Bonchev–Trinajstić information content (AvgIpc) is 1.81. The first-order valence-electron chi connectivity index (χ1n) is 3.45. The summed E-state index contributed by atoms with van der Waals surface area (Å²) in [5, 5.41) is 8.76. The minimum atomic E-state index is -0.0440. The smallest absolute Gasteiger partial charge is 0.133 e. The van der Waals surface area contributed by atoms with Crippen molar-refractivity contribution in [3.8, 4) is 0 Å². The van der Waals surface area contributed by atoms with Crippen molar-refractivity contribution in [1.82, 2.24) is 0 Å². The van der Waals surface area contributed by atoms with Gasteiger partial charge in [-0.15, -0.1) is 0 Å². The molecule has 2 heteroatoms. The summed E-state index contributed by atoms with van der Waals surface area (Å²) in [6.45, 7) is 6.79. The zero-order valence-corrected chi connectivity index (χ0v) is 6.55. The molecule has 0 aromatic carbocycles. The van der Waals surface area contributed by atoms with Crippen molar-refractivity contribution in [1.29, 1.82) is 0 Å². The van der Waals surface area contributed by atoms with E-state index in [2.05, 4.69) is 6.58 Å². The molecule has 0 aliphatic rings. The minimum Gasteiger partial charge on any atom is -0.513 e. The topological polar surface area (TPSA) is 37.3 Å². The normalized spacial score (nSPS) is 12.6. The number of hydrogen-bond donors (Lipinski definition) is 1. The Balaban J connectivity index is 3.83. The Morgan fingerprint density at radius 1 is 1.70 bits per heavy atom. The van der Waals surface area contributed by atoms with E-state index in [1.54, 1.807) is 0 Å². The monoisotopic (exact) mass is 142 g/mol. The maximum absolute atomic E-state index is 10.8. The summed E-state index contributed by atoms with van der Waals surface area (Å²) in [5.74, 6) is 0.178. The molecule has 1 atom stereocenters. The van der Waals surface area contributed by atoms with Gasteiger partial charge in [0.15, 0.2) is 0 Å². The van der Waals surface area contributed by atoms with Gasteiger partial charge in [0, 0.05) is 12.3 Å². The highest BCUT2D eigenvalue weighted by Crippen LogP contribution is 2.12. The van der Waals surface area contributed by atoms with E-state index in [1.165, 1.54) is 6.92 Å². The van der Waals surface area contributed by atoms with Crippen molar-refractivity contribution >= 4 is 5.78 Å². The van der Waals surface area contributed by atoms with Gasteiger partial charge in [-0.3, -0.25) is 4.79 Å². The molecule has 0 amide bonds. The van der Waals surface area contributed by atoms with Gasteiger partial charge < -0.3 is 5.11 Å². The van der Waals surface area contributed by atoms with E-state index in [9.17, 15) is 4.79 Å². The number of carbonyl (C=O) groups excluding carboxylic acids is 1. The second-order valence-electron chi connectivity index (χ2n) is 2.49. The second kappa shape index (κ2) is 4.09. The van der Waals surface area contributed by atoms with Crippen molar-refractivity contribution < 1.29 is 9.90 Å². The number of Topliss-reactive ketones (excluding diaryl/α,β-unsaturated/α-hetero) is 1. The fourth-order valence-corrected chi connectivity index (χ4v) is 0.860. The molecule has 10 heavy (non-hydrogen) atoms. The van der Waals surface area contributed by atoms with Gasteiger partial charge in [-0.2, -0.15) is 0 Å². The zero-order chi connectivity index (χ0) is 8.15. The third kappa shape index (κ3) is 3.28. The second-order valence-corrected chi connectivity index (χ2v) is 2.49. The molecular formula is C8H14O2. The Morgan fingerprint density at radius 3 is 2.30 bits per heavy atom. The van der Waals surface area contributed by atoms with Crippen LogP contribution in [0, 0.1) is 5.92 Å². The summed E-state index contributed by atoms with van der Waals surface area (Å²) in [4.78, 5) is 10.8. The lowest BCUT2D eigenvalue weighted by Crippen LogP contribution is -2.09. The molecule has 0 aliphatic heterocycles. The quantitative estimate of drug-likeness (QED) is 0.610. The van der Waals surface area contributed by atoms with Gasteiger partial charge >= 0.3 is 0 Å². The van der Waals surface area contributed by atoms with Gasteiger partial charge in [0.1, 0.15) is 5.78 Å². The van der Waals surface area contributed by atoms with Crippen LogP contribution in [0.15, 0.2) is 12.3 Å². The molecule has 0 saturated heterocycles. The zero-order valence-electron chi connectivity index (χ0n) is 6.55. The Bertz CT molecular complexity index is 138. The summed E-state index contributed by atoms with van der Waals surface area (Å²) in [7, 11) is 0. The number of carbonyl (C=O) groups is 1. The van der Waals surface area contributed by atoms with E-state index in [-0.39, 0.29) is 17.5 Å². The molecule has 0 radical (unpaired) electrons. The van der Waals surface area contributed by atoms with Gasteiger partial charge in [0.25, 0.3) is 0 Å². The van der Waals surface area contributed by atoms with Crippen molar-refractivity contribution in [2.75, 3.05) is 0 Å². The summed E-state index contributed by atoms with van der Waals surface area (Å²) < 4.78 is 0. The van der Waals surface area contributed by atoms with Gasteiger partial charge in [-0.25, -0.2) is 0 Å². The van der Waals surface area contributed by atoms with E-state index in [0.29, 0.717) is 6.42 Å². The van der Waals surface area contributed by atoms with Crippen LogP contribution >= 0.6 is 0 Å². The van der Waals surface area contributed by atoms with Crippen molar-refractivity contribution in [3.63, 3.8) is 0 Å². The Kier molecular flexibility index (Phi) is 3.77. The summed E-state index contributed by atoms with van der Waals surface area (Å²) in [6, 6.07) is 0. The fraction of sp³-hybridized carbons (Fsp3) is 0.625. The minimum absolute atomic E-state index is 0.0440. The van der Waals surface area contributed by atoms with Crippen molar-refractivity contribution in [2.24, 2.45) is 5.92 Å². The number of allylic oxidation sites excluding steroid dienone is 1. The van der Waals surface area contributed by atoms with Gasteiger partial charge in [0.05, 0.1) is 5.76 Å². The lowest BCUT2D eigenvalue weighted by molar-refractivity contribution is -0.120. The Hall–Kier alpha value is -0.790. The third-order valence-corrected chi connectivity index (χ3v) is 1.55. The molecule has 0 aromatic heterocycles. The number of hydrogen-bond acceptors (Lipinski definition) is 2. The predicted octanol–water partition coefficient (Wildman–Crippen LogP) is 2.06. The molecule has 0 spiro atoms. The first-order chi connectivity index (χ1) is 4.57. The first-order valence-corrected chi connectivity index (χ1v) is 3.45. The number of ketones is 1. The maximum Gasteiger partial charge on any atom is 0.133 e. The van der Waals surface area contributed by atoms with Crippen LogP contribution in [0.1, 0.15) is 26.7 Å². The van der Waals surface area contributed by atoms with Gasteiger partial charge in [0.2, 0.25) is 0 Å². The largest absolute Gasteiger partial charge is 0.513 e. The van der Waals surface area contributed by atoms with Gasteiger partial charge in [-0.1, -0.05) is 13.5 Å². The van der Waals surface area contributed by atoms with Crippen LogP contribution in [-0.4, -0.2) is 10.9 Å². The lowest BCUT2D eigenvalue weighted by atomic mass is 9.98. The maximum atomic E-state index is 10.8. The average molecular weight is 142 g/mol. The van der Waals surface area contributed by atoms with Crippen LogP contribution in [0.4, 0.5) is 0 Å². The van der Waals surface area contributed by atoms with Crippen LogP contribution in [0.3, 0.4) is 0 Å². The number of aliphatic hydroxyl groups excluding tert-OH is 1. The Labute approximate surface area is 61.6 Å². The third-order valence-electron chi connectivity index (χ3n) is 1.55. The number of aliphatic hydroxyl groups is 1. The van der Waals surface area contributed by atoms with Crippen LogP contribution in [0.2, 0.25) is 0 Å². The molecule has 58 valence electrons. The van der Waals surface area contributed by atoms with Crippen LogP contribution < -0.4 is 0 Å². The highest BCUT2D eigenvalue weighted by Gasteiger charge is 2.11. The highest BCUT2D eigenvalue weighted by molar-refractivity contribution is 5.78. The van der Waals surface area contributed by atoms with Crippen molar-refractivity contribution in [3.05, 3.63) is 12.3 Å². The van der Waals surface area contributed by atoms with Crippen LogP contribution in [0.5, 0.6) is 0 Å². The fourth-order valence-electron chi connectivity index (χ4n) is 0.860. The molecule has 0 aliphatic carbocycles. The summed E-state index contributed by atoms with van der Waals surface area (Å²) >= 11 is 0. The van der Waals surface area contributed by atoms with Crippen LogP contribution in [-0.2, 0) is 4.79 Å². The molecule has 0 saturated carbocycles. The van der Waals surface area contributed by atoms with E-state index >= 15 is 0 Å². The van der Waals surface area contributed by atoms with E-state index < -0.39 is 0 Å². The molecule has 0 rings (SSSR count). The molecule has 0 bridgehead atoms.